The van der Waals surface area contributed by atoms with Crippen LogP contribution in [-0.2, 0) is 9.59 Å². The molecule has 1 heterocycles. The summed E-state index contributed by atoms with van der Waals surface area (Å²) in [5.41, 5.74) is 2.87. The third kappa shape index (κ3) is 5.34. The summed E-state index contributed by atoms with van der Waals surface area (Å²) in [6.45, 7) is 0. The summed E-state index contributed by atoms with van der Waals surface area (Å²) >= 11 is 0. The Morgan fingerprint density at radius 2 is 1.97 bits per heavy atom. The van der Waals surface area contributed by atoms with E-state index in [1.54, 1.807) is 47.6 Å². The number of primary amides is 1. The molecule has 9 nitrogen and oxygen atoms in total. The largest absolute Gasteiger partial charge is 0.381 e. The first kappa shape index (κ1) is 24.8. The molecule has 2 unspecified atom stereocenters. The quantitative estimate of drug-likeness (QED) is 0.423. The van der Waals surface area contributed by atoms with Gasteiger partial charge in [0.1, 0.15) is 17.9 Å². The van der Waals surface area contributed by atoms with Crippen LogP contribution >= 0.6 is 0 Å². The van der Waals surface area contributed by atoms with Gasteiger partial charge in [0.2, 0.25) is 11.8 Å². The summed E-state index contributed by atoms with van der Waals surface area (Å²) in [6.07, 6.45) is 2.67. The number of aliphatic hydroxyl groups excluding tert-OH is 1. The average molecular weight is 490 g/mol. The lowest BCUT2D eigenvalue weighted by Crippen LogP contribution is -2.70. The van der Waals surface area contributed by atoms with E-state index in [4.69, 9.17) is 5.73 Å². The molecule has 0 saturated heterocycles. The van der Waals surface area contributed by atoms with E-state index in [9.17, 15) is 23.9 Å². The molecule has 1 aromatic carbocycles. The van der Waals surface area contributed by atoms with Crippen LogP contribution in [0.25, 0.3) is 5.69 Å². The minimum atomic E-state index is -1.81. The van der Waals surface area contributed by atoms with Crippen molar-refractivity contribution < 1.29 is 28.3 Å². The molecule has 4 rings (SSSR count). The van der Waals surface area contributed by atoms with Gasteiger partial charge in [0.15, 0.2) is 6.10 Å². The second-order valence-corrected chi connectivity index (χ2v) is 9.56. The van der Waals surface area contributed by atoms with Crippen molar-refractivity contribution in [2.45, 2.75) is 74.5 Å². The highest BCUT2D eigenvalue weighted by molar-refractivity contribution is 5.98. The topological polar surface area (TPSA) is 139 Å². The van der Waals surface area contributed by atoms with Crippen molar-refractivity contribution in [2.24, 2.45) is 5.73 Å². The van der Waals surface area contributed by atoms with Gasteiger partial charge in [-0.1, -0.05) is 18.9 Å². The van der Waals surface area contributed by atoms with E-state index >= 15 is 4.39 Å². The number of benzene rings is 1. The Bertz CT molecular complexity index is 1080. The van der Waals surface area contributed by atoms with Gasteiger partial charge in [-0.2, -0.15) is 0 Å². The van der Waals surface area contributed by atoms with Crippen LogP contribution in [-0.4, -0.2) is 61.9 Å². The Morgan fingerprint density at radius 1 is 1.26 bits per heavy atom. The fourth-order valence-electron chi connectivity index (χ4n) is 4.98. The van der Waals surface area contributed by atoms with Gasteiger partial charge >= 0.3 is 0 Å². The molecule has 2 fully saturated rings. The van der Waals surface area contributed by atoms with Crippen LogP contribution < -0.4 is 16.4 Å². The SMILES string of the molecule is NC(=O)C(O)C1(NC(=O)C(CC2(F)CCCC2)NC(=O)c2cccc(-n3ccnc3)c2)CC(F)C1. The maximum absolute atomic E-state index is 15.4. The molecule has 35 heavy (non-hydrogen) atoms. The number of carbonyl (C=O) groups is 3. The minimum absolute atomic E-state index is 0.243. The number of hydrogen-bond donors (Lipinski definition) is 4. The number of nitrogens with one attached hydrogen (secondary N) is 2. The van der Waals surface area contributed by atoms with Crippen LogP contribution in [0.3, 0.4) is 0 Å². The monoisotopic (exact) mass is 489 g/mol. The lowest BCUT2D eigenvalue weighted by atomic mass is 9.70. The molecule has 2 aliphatic carbocycles. The molecule has 2 aromatic rings. The maximum Gasteiger partial charge on any atom is 0.252 e. The number of alkyl halides is 2. The summed E-state index contributed by atoms with van der Waals surface area (Å²) in [5, 5.41) is 15.3. The van der Waals surface area contributed by atoms with Gasteiger partial charge in [-0.3, -0.25) is 14.4 Å². The van der Waals surface area contributed by atoms with E-state index in [0.717, 1.165) is 0 Å². The average Bonchev–Trinajstić information content (AvgIpc) is 3.49. The van der Waals surface area contributed by atoms with E-state index in [2.05, 4.69) is 15.6 Å². The summed E-state index contributed by atoms with van der Waals surface area (Å²) in [4.78, 5) is 41.9. The Morgan fingerprint density at radius 3 is 2.57 bits per heavy atom. The number of aromatic nitrogens is 2. The van der Waals surface area contributed by atoms with Gasteiger partial charge in [0.25, 0.3) is 5.91 Å². The summed E-state index contributed by atoms with van der Waals surface area (Å²) in [7, 11) is 0. The molecule has 2 aliphatic rings. The van der Waals surface area contributed by atoms with E-state index in [1.165, 1.54) is 0 Å². The number of aliphatic hydroxyl groups is 1. The molecular formula is C24H29F2N5O4. The molecule has 5 N–H and O–H groups in total. The first-order valence-electron chi connectivity index (χ1n) is 11.6. The van der Waals surface area contributed by atoms with Crippen LogP contribution in [0, 0.1) is 0 Å². The van der Waals surface area contributed by atoms with E-state index in [-0.39, 0.29) is 37.7 Å². The van der Waals surface area contributed by atoms with Crippen LogP contribution in [0.1, 0.15) is 55.3 Å². The molecule has 2 saturated carbocycles. The number of halogens is 2. The normalized spacial score (nSPS) is 24.7. The minimum Gasteiger partial charge on any atom is -0.381 e. The third-order valence-electron chi connectivity index (χ3n) is 6.94. The third-order valence-corrected chi connectivity index (χ3v) is 6.94. The van der Waals surface area contributed by atoms with E-state index < -0.39 is 47.2 Å². The van der Waals surface area contributed by atoms with Crippen molar-refractivity contribution in [3.05, 3.63) is 48.5 Å². The first-order chi connectivity index (χ1) is 16.6. The maximum atomic E-state index is 15.4. The van der Waals surface area contributed by atoms with Crippen molar-refractivity contribution in [3.63, 3.8) is 0 Å². The Balaban J connectivity index is 1.55. The Hall–Kier alpha value is -3.34. The number of nitrogens with zero attached hydrogens (tertiary/aromatic N) is 2. The number of carbonyl (C=O) groups excluding carboxylic acids is 3. The highest BCUT2D eigenvalue weighted by atomic mass is 19.1. The standard InChI is InChI=1S/C24H29F2N5O4/c25-16-11-24(12-16,19(32)20(27)33)30-22(35)18(13-23(26)6-1-2-7-23)29-21(34)15-4-3-5-17(10-15)31-9-8-28-14-31/h3-5,8-10,14,16,18-19,32H,1-2,6-7,11-13H2,(H2,27,33)(H,29,34)(H,30,35). The summed E-state index contributed by atoms with van der Waals surface area (Å²) in [6, 6.07) is 5.30. The van der Waals surface area contributed by atoms with Crippen molar-refractivity contribution >= 4 is 17.7 Å². The number of hydrogen-bond acceptors (Lipinski definition) is 5. The fourth-order valence-corrected chi connectivity index (χ4v) is 4.98. The van der Waals surface area contributed by atoms with Crippen molar-refractivity contribution in [1.82, 2.24) is 20.2 Å². The zero-order valence-electron chi connectivity index (χ0n) is 19.1. The number of amides is 3. The number of imidazole rings is 1. The van der Waals surface area contributed by atoms with Gasteiger partial charge < -0.3 is 26.0 Å². The molecule has 2 atom stereocenters. The highest BCUT2D eigenvalue weighted by Crippen LogP contribution is 2.39. The zero-order valence-corrected chi connectivity index (χ0v) is 19.1. The van der Waals surface area contributed by atoms with E-state index in [1.807, 2.05) is 0 Å². The molecule has 1 aromatic heterocycles. The fraction of sp³-hybridized carbons (Fsp3) is 0.500. The highest BCUT2D eigenvalue weighted by Gasteiger charge is 2.54. The van der Waals surface area contributed by atoms with Crippen molar-refractivity contribution in [2.75, 3.05) is 0 Å². The number of nitrogens with two attached hydrogens (primary N) is 1. The van der Waals surface area contributed by atoms with Gasteiger partial charge in [-0.15, -0.1) is 0 Å². The molecule has 0 bridgehead atoms. The first-order valence-corrected chi connectivity index (χ1v) is 11.6. The molecule has 3 amide bonds. The van der Waals surface area contributed by atoms with Gasteiger partial charge in [-0.25, -0.2) is 13.8 Å². The predicted molar refractivity (Wildman–Crippen MR) is 122 cm³/mol. The van der Waals surface area contributed by atoms with Gasteiger partial charge in [0, 0.05) is 42.9 Å². The molecule has 188 valence electrons. The van der Waals surface area contributed by atoms with Gasteiger partial charge in [-0.05, 0) is 31.0 Å². The number of rotatable bonds is 9. The lowest BCUT2D eigenvalue weighted by molar-refractivity contribution is -0.142. The van der Waals surface area contributed by atoms with Crippen LogP contribution in [0.4, 0.5) is 8.78 Å². The van der Waals surface area contributed by atoms with Crippen molar-refractivity contribution in [3.8, 4) is 5.69 Å². The molecule has 0 spiro atoms. The van der Waals surface area contributed by atoms with Crippen molar-refractivity contribution in [1.29, 1.82) is 0 Å². The molecular weight excluding hydrogens is 460 g/mol. The molecule has 11 heteroatoms. The summed E-state index contributed by atoms with van der Waals surface area (Å²) in [5.74, 6) is -2.51. The Labute approximate surface area is 201 Å². The van der Waals surface area contributed by atoms with Crippen LogP contribution in [0.2, 0.25) is 0 Å². The molecule has 0 radical (unpaired) electrons. The van der Waals surface area contributed by atoms with Crippen LogP contribution in [0.5, 0.6) is 0 Å². The second kappa shape index (κ2) is 9.73. The lowest BCUT2D eigenvalue weighted by Gasteiger charge is -2.47. The Kier molecular flexibility index (Phi) is 6.88. The smallest absolute Gasteiger partial charge is 0.252 e. The van der Waals surface area contributed by atoms with Crippen LogP contribution in [0.15, 0.2) is 43.0 Å². The van der Waals surface area contributed by atoms with E-state index in [0.29, 0.717) is 18.5 Å². The molecule has 0 aliphatic heterocycles. The second-order valence-electron chi connectivity index (χ2n) is 9.56. The van der Waals surface area contributed by atoms with Gasteiger partial charge in [0.05, 0.1) is 11.9 Å². The predicted octanol–water partition coefficient (Wildman–Crippen LogP) is 1.48. The zero-order chi connectivity index (χ0) is 25.2. The summed E-state index contributed by atoms with van der Waals surface area (Å²) < 4.78 is 30.8.